The number of amides is 1. The summed E-state index contributed by atoms with van der Waals surface area (Å²) in [6.45, 7) is 5.54. The van der Waals surface area contributed by atoms with Crippen LogP contribution in [-0.2, 0) is 21.2 Å². The quantitative estimate of drug-likeness (QED) is 0.486. The summed E-state index contributed by atoms with van der Waals surface area (Å²) in [6, 6.07) is 20.7. The summed E-state index contributed by atoms with van der Waals surface area (Å²) in [7, 11) is -3.97. The van der Waals surface area contributed by atoms with Crippen molar-refractivity contribution in [3.63, 3.8) is 0 Å². The van der Waals surface area contributed by atoms with Gasteiger partial charge in [-0.2, -0.15) is 0 Å². The number of anilines is 1. The number of carbonyl (C=O) groups excluding carboxylic acids is 1. The van der Waals surface area contributed by atoms with Gasteiger partial charge in [0.05, 0.1) is 16.6 Å². The van der Waals surface area contributed by atoms with Crippen molar-refractivity contribution in [2.75, 3.05) is 10.8 Å². The highest BCUT2D eigenvalue weighted by Crippen LogP contribution is 2.25. The maximum absolute atomic E-state index is 13.4. The maximum Gasteiger partial charge on any atom is 0.264 e. The van der Waals surface area contributed by atoms with Gasteiger partial charge in [0.1, 0.15) is 6.54 Å². The van der Waals surface area contributed by atoms with Gasteiger partial charge in [0, 0.05) is 5.02 Å². The molecule has 0 aliphatic heterocycles. The standard InChI is InChI=1S/C25H27ClN2O3S/c1-4-20-7-9-21(10-8-20)19(3)27-25(29)17-28(23-13-5-18(2)6-14-23)32(30,31)24-15-11-22(26)12-16-24/h5-16,19H,4,17H2,1-3H3,(H,27,29)/t19-/m1/s1. The molecule has 1 N–H and O–H groups in total. The first kappa shape index (κ1) is 23.8. The first-order chi connectivity index (χ1) is 15.2. The Morgan fingerprint density at radius 1 is 0.969 bits per heavy atom. The van der Waals surface area contributed by atoms with Gasteiger partial charge in [-0.1, -0.05) is 60.5 Å². The summed E-state index contributed by atoms with van der Waals surface area (Å²) in [6.07, 6.45) is 0.940. The van der Waals surface area contributed by atoms with Crippen LogP contribution in [-0.4, -0.2) is 20.9 Å². The number of hydrogen-bond acceptors (Lipinski definition) is 3. The van der Waals surface area contributed by atoms with E-state index in [2.05, 4.69) is 12.2 Å². The molecule has 5 nitrogen and oxygen atoms in total. The van der Waals surface area contributed by atoms with Crippen LogP contribution in [0.2, 0.25) is 5.02 Å². The van der Waals surface area contributed by atoms with Gasteiger partial charge in [0.2, 0.25) is 5.91 Å². The Hall–Kier alpha value is -2.83. The van der Waals surface area contributed by atoms with E-state index >= 15 is 0 Å². The molecule has 0 fully saturated rings. The minimum atomic E-state index is -3.97. The molecule has 7 heteroatoms. The molecule has 0 bridgehead atoms. The normalized spacial score (nSPS) is 12.2. The third-order valence-corrected chi connectivity index (χ3v) is 7.32. The Balaban J connectivity index is 1.85. The SMILES string of the molecule is CCc1ccc([C@@H](C)NC(=O)CN(c2ccc(C)cc2)S(=O)(=O)c2ccc(Cl)cc2)cc1. The number of rotatable bonds is 8. The maximum atomic E-state index is 13.4. The number of halogens is 1. The van der Waals surface area contributed by atoms with E-state index in [0.717, 1.165) is 21.9 Å². The molecule has 0 aromatic heterocycles. The Labute approximate surface area is 195 Å². The average Bonchev–Trinajstić information content (AvgIpc) is 2.78. The molecule has 1 atom stereocenters. The summed E-state index contributed by atoms with van der Waals surface area (Å²) in [4.78, 5) is 13.0. The predicted molar refractivity (Wildman–Crippen MR) is 130 cm³/mol. The molecule has 1 amide bonds. The number of sulfonamides is 1. The lowest BCUT2D eigenvalue weighted by atomic mass is 10.1. The second kappa shape index (κ2) is 10.2. The monoisotopic (exact) mass is 470 g/mol. The number of nitrogens with one attached hydrogen (secondary N) is 1. The Kier molecular flexibility index (Phi) is 7.59. The van der Waals surface area contributed by atoms with Crippen LogP contribution in [0.4, 0.5) is 5.69 Å². The van der Waals surface area contributed by atoms with E-state index in [4.69, 9.17) is 11.6 Å². The van der Waals surface area contributed by atoms with Crippen LogP contribution >= 0.6 is 11.6 Å². The first-order valence-electron chi connectivity index (χ1n) is 10.4. The highest BCUT2D eigenvalue weighted by atomic mass is 35.5. The van der Waals surface area contributed by atoms with Crippen LogP contribution in [0.15, 0.2) is 77.7 Å². The predicted octanol–water partition coefficient (Wildman–Crippen LogP) is 5.28. The molecular weight excluding hydrogens is 444 g/mol. The first-order valence-corrected chi connectivity index (χ1v) is 12.3. The summed E-state index contributed by atoms with van der Waals surface area (Å²) in [5.74, 6) is -0.393. The van der Waals surface area contributed by atoms with Gasteiger partial charge in [-0.15, -0.1) is 0 Å². The zero-order chi connectivity index (χ0) is 23.3. The van der Waals surface area contributed by atoms with E-state index < -0.39 is 15.9 Å². The molecular formula is C25H27ClN2O3S. The second-order valence-electron chi connectivity index (χ2n) is 7.69. The Morgan fingerprint density at radius 3 is 2.12 bits per heavy atom. The molecule has 0 radical (unpaired) electrons. The van der Waals surface area contributed by atoms with Crippen molar-refractivity contribution in [3.8, 4) is 0 Å². The molecule has 3 rings (SSSR count). The van der Waals surface area contributed by atoms with Crippen LogP contribution in [0.3, 0.4) is 0 Å². The van der Waals surface area contributed by atoms with Crippen LogP contribution in [0, 0.1) is 6.92 Å². The molecule has 3 aromatic rings. The summed E-state index contributed by atoms with van der Waals surface area (Å²) >= 11 is 5.92. The molecule has 0 saturated heterocycles. The molecule has 0 heterocycles. The molecule has 0 saturated carbocycles. The van der Waals surface area contributed by atoms with Gasteiger partial charge in [-0.05, 0) is 67.8 Å². The molecule has 0 spiro atoms. The van der Waals surface area contributed by atoms with E-state index in [1.165, 1.54) is 29.8 Å². The number of hydrogen-bond donors (Lipinski definition) is 1. The van der Waals surface area contributed by atoms with E-state index in [0.29, 0.717) is 10.7 Å². The lowest BCUT2D eigenvalue weighted by Gasteiger charge is -2.25. The fourth-order valence-corrected chi connectivity index (χ4v) is 4.85. The van der Waals surface area contributed by atoms with Gasteiger partial charge < -0.3 is 5.32 Å². The summed E-state index contributed by atoms with van der Waals surface area (Å²) < 4.78 is 27.9. The lowest BCUT2D eigenvalue weighted by molar-refractivity contribution is -0.120. The number of aryl methyl sites for hydroxylation is 2. The van der Waals surface area contributed by atoms with Crippen molar-refractivity contribution in [1.29, 1.82) is 0 Å². The smallest absolute Gasteiger partial charge is 0.264 e. The molecule has 32 heavy (non-hydrogen) atoms. The van der Waals surface area contributed by atoms with Gasteiger partial charge >= 0.3 is 0 Å². The van der Waals surface area contributed by atoms with Crippen molar-refractivity contribution in [3.05, 3.63) is 94.5 Å². The largest absolute Gasteiger partial charge is 0.348 e. The van der Waals surface area contributed by atoms with E-state index in [9.17, 15) is 13.2 Å². The number of nitrogens with zero attached hydrogens (tertiary/aromatic N) is 1. The highest BCUT2D eigenvalue weighted by molar-refractivity contribution is 7.92. The van der Waals surface area contributed by atoms with E-state index in [-0.39, 0.29) is 17.5 Å². The number of benzene rings is 3. The van der Waals surface area contributed by atoms with Crippen molar-refractivity contribution < 1.29 is 13.2 Å². The Bertz CT molecular complexity index is 1160. The topological polar surface area (TPSA) is 66.5 Å². The van der Waals surface area contributed by atoms with Crippen molar-refractivity contribution >= 4 is 33.2 Å². The molecule has 3 aromatic carbocycles. The third kappa shape index (κ3) is 5.69. The minimum absolute atomic E-state index is 0.0680. The molecule has 168 valence electrons. The van der Waals surface area contributed by atoms with Crippen molar-refractivity contribution in [1.82, 2.24) is 5.32 Å². The molecule has 0 aliphatic rings. The third-order valence-electron chi connectivity index (χ3n) is 5.28. The summed E-state index contributed by atoms with van der Waals surface area (Å²) in [5, 5.41) is 3.35. The van der Waals surface area contributed by atoms with Gasteiger partial charge in [0.15, 0.2) is 0 Å². The van der Waals surface area contributed by atoms with Crippen molar-refractivity contribution in [2.24, 2.45) is 0 Å². The fraction of sp³-hybridized carbons (Fsp3) is 0.240. The van der Waals surface area contributed by atoms with Gasteiger partial charge in [-0.25, -0.2) is 8.42 Å². The molecule has 0 aliphatic carbocycles. The van der Waals surface area contributed by atoms with Gasteiger partial charge in [-0.3, -0.25) is 9.10 Å². The zero-order valence-electron chi connectivity index (χ0n) is 18.4. The summed E-state index contributed by atoms with van der Waals surface area (Å²) in [5.41, 5.74) is 3.58. The van der Waals surface area contributed by atoms with Crippen molar-refractivity contribution in [2.45, 2.75) is 38.1 Å². The average molecular weight is 471 g/mol. The number of carbonyl (C=O) groups is 1. The van der Waals surface area contributed by atoms with Crippen LogP contribution in [0.1, 0.15) is 36.6 Å². The Morgan fingerprint density at radius 2 is 1.56 bits per heavy atom. The van der Waals surface area contributed by atoms with E-state index in [1.807, 2.05) is 50.2 Å². The van der Waals surface area contributed by atoms with Crippen LogP contribution in [0.5, 0.6) is 0 Å². The fourth-order valence-electron chi connectivity index (χ4n) is 3.30. The second-order valence-corrected chi connectivity index (χ2v) is 9.98. The van der Waals surface area contributed by atoms with Crippen LogP contribution in [0.25, 0.3) is 0 Å². The zero-order valence-corrected chi connectivity index (χ0v) is 20.0. The van der Waals surface area contributed by atoms with Crippen LogP contribution < -0.4 is 9.62 Å². The lowest BCUT2D eigenvalue weighted by Crippen LogP contribution is -2.41. The highest BCUT2D eigenvalue weighted by Gasteiger charge is 2.27. The molecule has 0 unspecified atom stereocenters. The van der Waals surface area contributed by atoms with Gasteiger partial charge in [0.25, 0.3) is 10.0 Å². The van der Waals surface area contributed by atoms with E-state index in [1.54, 1.807) is 12.1 Å². The minimum Gasteiger partial charge on any atom is -0.348 e.